The van der Waals surface area contributed by atoms with Gasteiger partial charge in [-0.2, -0.15) is 18.3 Å². The molecule has 17 heavy (non-hydrogen) atoms. The Kier molecular flexibility index (Phi) is 2.96. The molecule has 1 heterocycles. The van der Waals surface area contributed by atoms with Crippen molar-refractivity contribution in [2.24, 2.45) is 7.05 Å². The molecule has 0 aliphatic heterocycles. The second kappa shape index (κ2) is 4.15. The molecule has 1 unspecified atom stereocenters. The van der Waals surface area contributed by atoms with Gasteiger partial charge in [0.2, 0.25) is 0 Å². The molecular weight excluding hydrogens is 248 g/mol. The molecule has 1 aromatic heterocycles. The first-order valence-electron chi connectivity index (χ1n) is 4.85. The van der Waals surface area contributed by atoms with Crippen LogP contribution < -0.4 is 5.30 Å². The van der Waals surface area contributed by atoms with Crippen molar-refractivity contribution < 1.29 is 13.2 Å². The Balaban J connectivity index is 2.46. The zero-order valence-corrected chi connectivity index (χ0v) is 10.1. The second-order valence-corrected chi connectivity index (χ2v) is 4.32. The fourth-order valence-corrected chi connectivity index (χ4v) is 1.72. The summed E-state index contributed by atoms with van der Waals surface area (Å²) < 4.78 is 38.7. The standard InChI is InChI=1S/C11H10F3N2P/c1-16-9(6-10(15-16)11(12,13)14)7-2-4-8(17)5-3-7/h2-6H,17H2,1H3. The van der Waals surface area contributed by atoms with Gasteiger partial charge in [0.1, 0.15) is 0 Å². The molecule has 0 saturated heterocycles. The van der Waals surface area contributed by atoms with E-state index in [-0.39, 0.29) is 0 Å². The molecule has 0 N–H and O–H groups in total. The third-order valence-corrected chi connectivity index (χ3v) is 2.76. The largest absolute Gasteiger partial charge is 0.435 e. The first-order chi connectivity index (χ1) is 7.88. The summed E-state index contributed by atoms with van der Waals surface area (Å²) in [4.78, 5) is 0. The van der Waals surface area contributed by atoms with Gasteiger partial charge in [0.05, 0.1) is 5.69 Å². The number of hydrogen-bond donors (Lipinski definition) is 0. The van der Waals surface area contributed by atoms with Crippen LogP contribution in [0.4, 0.5) is 13.2 Å². The molecule has 0 saturated carbocycles. The summed E-state index contributed by atoms with van der Waals surface area (Å²) in [6, 6.07) is 8.22. The monoisotopic (exact) mass is 258 g/mol. The van der Waals surface area contributed by atoms with Gasteiger partial charge in [0.25, 0.3) is 0 Å². The van der Waals surface area contributed by atoms with Crippen molar-refractivity contribution in [2.45, 2.75) is 6.18 Å². The number of aryl methyl sites for hydroxylation is 1. The van der Waals surface area contributed by atoms with Gasteiger partial charge in [0, 0.05) is 7.05 Å². The van der Waals surface area contributed by atoms with Crippen LogP contribution in [0.25, 0.3) is 11.3 Å². The molecule has 1 aromatic carbocycles. The lowest BCUT2D eigenvalue weighted by atomic mass is 10.1. The predicted octanol–water partition coefficient (Wildman–Crippen LogP) is 2.61. The van der Waals surface area contributed by atoms with E-state index in [1.54, 1.807) is 12.1 Å². The van der Waals surface area contributed by atoms with Crippen LogP contribution in [0.2, 0.25) is 0 Å². The van der Waals surface area contributed by atoms with Crippen molar-refractivity contribution in [3.63, 3.8) is 0 Å². The van der Waals surface area contributed by atoms with E-state index in [0.717, 1.165) is 11.4 Å². The Morgan fingerprint density at radius 2 is 1.76 bits per heavy atom. The lowest BCUT2D eigenvalue weighted by molar-refractivity contribution is -0.141. The van der Waals surface area contributed by atoms with E-state index >= 15 is 0 Å². The van der Waals surface area contributed by atoms with Crippen LogP contribution in [0.5, 0.6) is 0 Å². The molecule has 2 aromatic rings. The van der Waals surface area contributed by atoms with Crippen molar-refractivity contribution in [1.29, 1.82) is 0 Å². The van der Waals surface area contributed by atoms with Gasteiger partial charge < -0.3 is 0 Å². The highest BCUT2D eigenvalue weighted by atomic mass is 31.0. The first kappa shape index (κ1) is 12.1. The third kappa shape index (κ3) is 2.50. The number of alkyl halides is 3. The predicted molar refractivity (Wildman–Crippen MR) is 63.0 cm³/mol. The summed E-state index contributed by atoms with van der Waals surface area (Å²) in [7, 11) is 4.02. The number of nitrogens with zero attached hydrogens (tertiary/aromatic N) is 2. The molecule has 2 nitrogen and oxygen atoms in total. The number of halogens is 3. The fraction of sp³-hybridized carbons (Fsp3) is 0.182. The summed E-state index contributed by atoms with van der Waals surface area (Å²) in [6.45, 7) is 0. The van der Waals surface area contributed by atoms with Gasteiger partial charge in [-0.15, -0.1) is 9.24 Å². The lowest BCUT2D eigenvalue weighted by Crippen LogP contribution is -2.06. The van der Waals surface area contributed by atoms with Crippen LogP contribution in [0, 0.1) is 0 Å². The molecule has 0 amide bonds. The maximum absolute atomic E-state index is 12.5. The minimum Gasteiger partial charge on any atom is -0.267 e. The van der Waals surface area contributed by atoms with Crippen LogP contribution in [0.15, 0.2) is 30.3 Å². The van der Waals surface area contributed by atoms with Crippen molar-refractivity contribution in [1.82, 2.24) is 9.78 Å². The number of aromatic nitrogens is 2. The highest BCUT2D eigenvalue weighted by Gasteiger charge is 2.34. The van der Waals surface area contributed by atoms with Crippen LogP contribution in [-0.2, 0) is 13.2 Å². The van der Waals surface area contributed by atoms with E-state index in [1.807, 2.05) is 12.1 Å². The van der Waals surface area contributed by atoms with E-state index < -0.39 is 11.9 Å². The highest BCUT2D eigenvalue weighted by molar-refractivity contribution is 7.27. The van der Waals surface area contributed by atoms with Crippen LogP contribution >= 0.6 is 9.24 Å². The van der Waals surface area contributed by atoms with Crippen molar-refractivity contribution in [3.05, 3.63) is 36.0 Å². The average Bonchev–Trinajstić information content (AvgIpc) is 2.61. The molecule has 0 fully saturated rings. The maximum atomic E-state index is 12.5. The summed E-state index contributed by atoms with van der Waals surface area (Å²) >= 11 is 0. The number of benzene rings is 1. The van der Waals surface area contributed by atoms with Crippen LogP contribution in [0.3, 0.4) is 0 Å². The smallest absolute Gasteiger partial charge is 0.267 e. The van der Waals surface area contributed by atoms with Gasteiger partial charge >= 0.3 is 6.18 Å². The van der Waals surface area contributed by atoms with Gasteiger partial charge in [-0.25, -0.2) is 0 Å². The molecule has 2 rings (SSSR count). The van der Waals surface area contributed by atoms with Gasteiger partial charge in [-0.05, 0) is 16.9 Å². The second-order valence-electron chi connectivity index (χ2n) is 3.66. The molecule has 90 valence electrons. The Morgan fingerprint density at radius 3 is 2.24 bits per heavy atom. The van der Waals surface area contributed by atoms with Gasteiger partial charge in [-0.1, -0.05) is 24.3 Å². The SMILES string of the molecule is Cn1nc(C(F)(F)F)cc1-c1ccc(P)cc1. The summed E-state index contributed by atoms with van der Waals surface area (Å²) in [5, 5.41) is 4.45. The molecule has 6 heteroatoms. The van der Waals surface area contributed by atoms with E-state index in [2.05, 4.69) is 14.3 Å². The Bertz CT molecular complexity index is 529. The summed E-state index contributed by atoms with van der Waals surface area (Å²) in [5.74, 6) is 0. The number of hydrogen-bond acceptors (Lipinski definition) is 1. The van der Waals surface area contributed by atoms with Crippen LogP contribution in [-0.4, -0.2) is 9.78 Å². The Hall–Kier alpha value is -1.35. The fourth-order valence-electron chi connectivity index (χ4n) is 1.53. The maximum Gasteiger partial charge on any atom is 0.435 e. The lowest BCUT2D eigenvalue weighted by Gasteiger charge is -2.01. The van der Waals surface area contributed by atoms with Crippen molar-refractivity contribution in [3.8, 4) is 11.3 Å². The Morgan fingerprint density at radius 1 is 1.18 bits per heavy atom. The molecule has 0 aliphatic carbocycles. The quantitative estimate of drug-likeness (QED) is 0.719. The minimum absolute atomic E-state index is 0.447. The van der Waals surface area contributed by atoms with Crippen molar-refractivity contribution in [2.75, 3.05) is 0 Å². The molecule has 0 bridgehead atoms. The highest BCUT2D eigenvalue weighted by Crippen LogP contribution is 2.31. The average molecular weight is 258 g/mol. The van der Waals surface area contributed by atoms with E-state index in [4.69, 9.17) is 0 Å². The molecule has 0 spiro atoms. The normalized spacial score (nSPS) is 11.8. The van der Waals surface area contributed by atoms with Gasteiger partial charge in [-0.3, -0.25) is 4.68 Å². The third-order valence-electron chi connectivity index (χ3n) is 2.38. The summed E-state index contributed by atoms with van der Waals surface area (Å²) in [5.41, 5.74) is 0.286. The first-order valence-corrected chi connectivity index (χ1v) is 5.43. The van der Waals surface area contributed by atoms with E-state index in [0.29, 0.717) is 11.3 Å². The molecule has 1 atom stereocenters. The van der Waals surface area contributed by atoms with Crippen molar-refractivity contribution >= 4 is 14.5 Å². The molecular formula is C11H10F3N2P. The zero-order valence-electron chi connectivity index (χ0n) is 8.99. The molecule has 0 aliphatic rings. The minimum atomic E-state index is -4.41. The number of rotatable bonds is 1. The Labute approximate surface area is 98.7 Å². The van der Waals surface area contributed by atoms with E-state index in [9.17, 15) is 13.2 Å². The zero-order chi connectivity index (χ0) is 12.6. The summed E-state index contributed by atoms with van der Waals surface area (Å²) in [6.07, 6.45) is -4.41. The van der Waals surface area contributed by atoms with E-state index in [1.165, 1.54) is 11.7 Å². The van der Waals surface area contributed by atoms with Crippen LogP contribution in [0.1, 0.15) is 5.69 Å². The van der Waals surface area contributed by atoms with Gasteiger partial charge in [0.15, 0.2) is 5.69 Å². The molecule has 0 radical (unpaired) electrons. The topological polar surface area (TPSA) is 17.8 Å².